The minimum absolute atomic E-state index is 0.0114. The summed E-state index contributed by atoms with van der Waals surface area (Å²) in [6.07, 6.45) is 3.02. The highest BCUT2D eigenvalue weighted by Crippen LogP contribution is 2.20. The number of aromatic nitrogens is 2. The first-order chi connectivity index (χ1) is 9.83. The first-order valence-electron chi connectivity index (χ1n) is 6.52. The molecule has 0 saturated heterocycles. The van der Waals surface area contributed by atoms with Crippen LogP contribution in [0.1, 0.15) is 26.5 Å². The van der Waals surface area contributed by atoms with Crippen LogP contribution in [0.5, 0.6) is 11.6 Å². The number of ether oxygens (including phenoxy) is 1. The summed E-state index contributed by atoms with van der Waals surface area (Å²) in [4.78, 5) is 8.29. The van der Waals surface area contributed by atoms with E-state index in [0.717, 1.165) is 17.8 Å². The van der Waals surface area contributed by atoms with E-state index in [-0.39, 0.29) is 17.2 Å². The molecule has 0 unspecified atom stereocenters. The van der Waals surface area contributed by atoms with Gasteiger partial charge in [-0.3, -0.25) is 4.98 Å². The van der Waals surface area contributed by atoms with Crippen LogP contribution in [0.4, 0.5) is 8.78 Å². The van der Waals surface area contributed by atoms with Crippen molar-refractivity contribution >= 4 is 0 Å². The third kappa shape index (κ3) is 4.75. The van der Waals surface area contributed by atoms with E-state index in [1.807, 2.05) is 0 Å². The Hall–Kier alpha value is -2.08. The van der Waals surface area contributed by atoms with Gasteiger partial charge in [-0.25, -0.2) is 13.8 Å². The first kappa shape index (κ1) is 15.3. The van der Waals surface area contributed by atoms with Gasteiger partial charge in [0.05, 0.1) is 18.1 Å². The number of hydrogen-bond donors (Lipinski definition) is 1. The van der Waals surface area contributed by atoms with Crippen molar-refractivity contribution in [3.05, 3.63) is 47.9 Å². The van der Waals surface area contributed by atoms with Crippen LogP contribution in [-0.4, -0.2) is 15.5 Å². The van der Waals surface area contributed by atoms with Crippen molar-refractivity contribution < 1.29 is 13.5 Å². The molecule has 0 saturated carbocycles. The first-order valence-corrected chi connectivity index (χ1v) is 6.52. The Morgan fingerprint density at radius 1 is 1.10 bits per heavy atom. The van der Waals surface area contributed by atoms with Gasteiger partial charge >= 0.3 is 0 Å². The van der Waals surface area contributed by atoms with E-state index in [1.54, 1.807) is 6.20 Å². The summed E-state index contributed by atoms with van der Waals surface area (Å²) < 4.78 is 31.2. The molecule has 21 heavy (non-hydrogen) atoms. The Bertz CT molecular complexity index is 609. The van der Waals surface area contributed by atoms with Gasteiger partial charge in [0.15, 0.2) is 11.6 Å². The van der Waals surface area contributed by atoms with Crippen molar-refractivity contribution in [1.82, 2.24) is 15.3 Å². The summed E-state index contributed by atoms with van der Waals surface area (Å²) in [5, 5.41) is 3.29. The second kappa shape index (κ2) is 6.13. The molecule has 2 aromatic rings. The van der Waals surface area contributed by atoms with Gasteiger partial charge < -0.3 is 10.1 Å². The normalized spacial score (nSPS) is 11.5. The molecule has 0 aliphatic carbocycles. The Balaban J connectivity index is 2.00. The maximum absolute atomic E-state index is 13.1. The molecule has 1 heterocycles. The molecule has 0 bridgehead atoms. The molecule has 2 rings (SSSR count). The molecule has 0 atom stereocenters. The van der Waals surface area contributed by atoms with Crippen molar-refractivity contribution in [2.75, 3.05) is 0 Å². The van der Waals surface area contributed by atoms with Gasteiger partial charge in [0, 0.05) is 18.2 Å². The van der Waals surface area contributed by atoms with Crippen LogP contribution in [-0.2, 0) is 6.54 Å². The molecule has 0 fully saturated rings. The van der Waals surface area contributed by atoms with Crippen LogP contribution in [0.25, 0.3) is 0 Å². The smallest absolute Gasteiger partial charge is 0.237 e. The molecule has 0 aliphatic rings. The van der Waals surface area contributed by atoms with Crippen LogP contribution < -0.4 is 10.1 Å². The lowest BCUT2D eigenvalue weighted by Crippen LogP contribution is -2.35. The van der Waals surface area contributed by atoms with E-state index in [9.17, 15) is 8.78 Å². The average molecular weight is 293 g/mol. The lowest BCUT2D eigenvalue weighted by atomic mass is 10.1. The standard InChI is InChI=1S/C15H17F2N3O/c1-15(2,3)20-8-10-7-19-14(9-18-10)21-11-4-5-12(16)13(17)6-11/h4-7,9,20H,8H2,1-3H3. The topological polar surface area (TPSA) is 47.0 Å². The van der Waals surface area contributed by atoms with E-state index in [0.29, 0.717) is 6.54 Å². The summed E-state index contributed by atoms with van der Waals surface area (Å²) in [6.45, 7) is 6.75. The Morgan fingerprint density at radius 2 is 1.86 bits per heavy atom. The van der Waals surface area contributed by atoms with Gasteiger partial charge in [0.1, 0.15) is 5.75 Å². The minimum Gasteiger partial charge on any atom is -0.437 e. The molecule has 112 valence electrons. The van der Waals surface area contributed by atoms with E-state index < -0.39 is 11.6 Å². The van der Waals surface area contributed by atoms with Gasteiger partial charge in [0.2, 0.25) is 5.88 Å². The monoisotopic (exact) mass is 293 g/mol. The van der Waals surface area contributed by atoms with Crippen LogP contribution in [0.3, 0.4) is 0 Å². The molecule has 0 amide bonds. The number of nitrogens with one attached hydrogen (secondary N) is 1. The van der Waals surface area contributed by atoms with Gasteiger partial charge in [-0.2, -0.15) is 0 Å². The van der Waals surface area contributed by atoms with Crippen LogP contribution >= 0.6 is 0 Å². The number of benzene rings is 1. The number of nitrogens with zero attached hydrogens (tertiary/aromatic N) is 2. The Kier molecular flexibility index (Phi) is 4.47. The molecule has 1 aromatic carbocycles. The molecule has 1 aromatic heterocycles. The highest BCUT2D eigenvalue weighted by atomic mass is 19.2. The lowest BCUT2D eigenvalue weighted by Gasteiger charge is -2.19. The summed E-state index contributed by atoms with van der Waals surface area (Å²) in [5.41, 5.74) is 0.755. The van der Waals surface area contributed by atoms with Gasteiger partial charge in [-0.05, 0) is 32.9 Å². The van der Waals surface area contributed by atoms with Crippen LogP contribution in [0.2, 0.25) is 0 Å². The fourth-order valence-electron chi connectivity index (χ4n) is 1.50. The van der Waals surface area contributed by atoms with Crippen molar-refractivity contribution in [2.45, 2.75) is 32.9 Å². The fraction of sp³-hybridized carbons (Fsp3) is 0.333. The number of hydrogen-bond acceptors (Lipinski definition) is 4. The van der Waals surface area contributed by atoms with Crippen molar-refractivity contribution in [2.24, 2.45) is 0 Å². The quantitative estimate of drug-likeness (QED) is 0.938. The SMILES string of the molecule is CC(C)(C)NCc1cnc(Oc2ccc(F)c(F)c2)cn1. The average Bonchev–Trinajstić information content (AvgIpc) is 2.41. The molecule has 4 nitrogen and oxygen atoms in total. The molecule has 0 aliphatic heterocycles. The zero-order valence-corrected chi connectivity index (χ0v) is 12.2. The third-order valence-electron chi connectivity index (χ3n) is 2.59. The van der Waals surface area contributed by atoms with Crippen molar-refractivity contribution in [1.29, 1.82) is 0 Å². The molecule has 0 radical (unpaired) electrons. The molecule has 1 N–H and O–H groups in total. The zero-order valence-electron chi connectivity index (χ0n) is 12.2. The van der Waals surface area contributed by atoms with Crippen LogP contribution in [0, 0.1) is 11.6 Å². The summed E-state index contributed by atoms with van der Waals surface area (Å²) >= 11 is 0. The molecular weight excluding hydrogens is 276 g/mol. The Morgan fingerprint density at radius 3 is 2.43 bits per heavy atom. The third-order valence-corrected chi connectivity index (χ3v) is 2.59. The fourth-order valence-corrected chi connectivity index (χ4v) is 1.50. The van der Waals surface area contributed by atoms with E-state index >= 15 is 0 Å². The number of halogens is 2. The molecular formula is C15H17F2N3O. The predicted molar refractivity (Wildman–Crippen MR) is 75.1 cm³/mol. The lowest BCUT2D eigenvalue weighted by molar-refractivity contribution is 0.418. The summed E-state index contributed by atoms with van der Waals surface area (Å²) in [6, 6.07) is 3.29. The zero-order chi connectivity index (χ0) is 15.5. The van der Waals surface area contributed by atoms with E-state index in [4.69, 9.17) is 4.74 Å². The molecule has 0 spiro atoms. The molecule has 6 heteroatoms. The highest BCUT2D eigenvalue weighted by molar-refractivity contribution is 5.27. The summed E-state index contributed by atoms with van der Waals surface area (Å²) in [5.74, 6) is -1.49. The predicted octanol–water partition coefficient (Wildman–Crippen LogP) is 3.44. The van der Waals surface area contributed by atoms with Crippen molar-refractivity contribution in [3.63, 3.8) is 0 Å². The largest absolute Gasteiger partial charge is 0.437 e. The second-order valence-corrected chi connectivity index (χ2v) is 5.63. The second-order valence-electron chi connectivity index (χ2n) is 5.63. The van der Waals surface area contributed by atoms with Crippen molar-refractivity contribution in [3.8, 4) is 11.6 Å². The Labute approximate surface area is 122 Å². The minimum atomic E-state index is -0.966. The van der Waals surface area contributed by atoms with Gasteiger partial charge in [0.25, 0.3) is 0 Å². The number of rotatable bonds is 4. The summed E-state index contributed by atoms with van der Waals surface area (Å²) in [7, 11) is 0. The maximum Gasteiger partial charge on any atom is 0.237 e. The highest BCUT2D eigenvalue weighted by Gasteiger charge is 2.09. The maximum atomic E-state index is 13.1. The van der Waals surface area contributed by atoms with E-state index in [2.05, 4.69) is 36.1 Å². The van der Waals surface area contributed by atoms with Gasteiger partial charge in [-0.15, -0.1) is 0 Å². The van der Waals surface area contributed by atoms with Gasteiger partial charge in [-0.1, -0.05) is 0 Å². The van der Waals surface area contributed by atoms with E-state index in [1.165, 1.54) is 12.3 Å². The van der Waals surface area contributed by atoms with Crippen LogP contribution in [0.15, 0.2) is 30.6 Å².